The smallest absolute Gasteiger partial charge is 0.254 e. The Labute approximate surface area is 195 Å². The fourth-order valence-corrected chi connectivity index (χ4v) is 4.06. The molecule has 1 amide bonds. The Morgan fingerprint density at radius 2 is 1.91 bits per heavy atom. The minimum Gasteiger partial charge on any atom is -0.379 e. The van der Waals surface area contributed by atoms with E-state index in [0.29, 0.717) is 22.6 Å². The van der Waals surface area contributed by atoms with Crippen LogP contribution >= 0.6 is 11.6 Å². The number of ether oxygens (including phenoxy) is 1. The zero-order valence-corrected chi connectivity index (χ0v) is 18.8. The second-order valence-electron chi connectivity index (χ2n) is 8.02. The van der Waals surface area contributed by atoms with Gasteiger partial charge in [-0.05, 0) is 49.2 Å². The van der Waals surface area contributed by atoms with E-state index < -0.39 is 0 Å². The summed E-state index contributed by atoms with van der Waals surface area (Å²) in [7, 11) is 5.95. The van der Waals surface area contributed by atoms with Crippen molar-refractivity contribution in [3.8, 4) is 0 Å². The zero-order chi connectivity index (χ0) is 22.3. The summed E-state index contributed by atoms with van der Waals surface area (Å²) < 4.78 is 5.39. The number of benzene rings is 2. The molecule has 1 fully saturated rings. The molecule has 0 spiro atoms. The van der Waals surface area contributed by atoms with Gasteiger partial charge in [-0.15, -0.1) is 0 Å². The fraction of sp³-hybridized carbons (Fsp3) is 0.320. The molecule has 1 aromatic heterocycles. The van der Waals surface area contributed by atoms with Gasteiger partial charge in [0.15, 0.2) is 0 Å². The van der Waals surface area contributed by atoms with Crippen molar-refractivity contribution in [2.24, 2.45) is 0 Å². The average molecular weight is 448 g/mol. The van der Waals surface area contributed by atoms with E-state index in [9.17, 15) is 4.79 Å². The first-order chi connectivity index (χ1) is 15.6. The van der Waals surface area contributed by atoms with Crippen LogP contribution in [-0.4, -0.2) is 63.0 Å². The molecule has 1 aliphatic rings. The van der Waals surface area contributed by atoms with Gasteiger partial charge in [0.2, 0.25) is 0 Å². The van der Waals surface area contributed by atoms with Crippen molar-refractivity contribution < 1.29 is 9.53 Å². The van der Waals surface area contributed by atoms with Gasteiger partial charge in [-0.3, -0.25) is 9.69 Å². The molecule has 1 saturated heterocycles. The van der Waals surface area contributed by atoms with Gasteiger partial charge in [0.1, 0.15) is 7.85 Å². The van der Waals surface area contributed by atoms with E-state index in [1.165, 1.54) is 0 Å². The van der Waals surface area contributed by atoms with Gasteiger partial charge >= 0.3 is 0 Å². The molecular formula is C25H27BClN3O2. The lowest BCUT2D eigenvalue weighted by atomic mass is 9.95. The van der Waals surface area contributed by atoms with Crippen LogP contribution in [0.1, 0.15) is 34.5 Å². The van der Waals surface area contributed by atoms with Crippen LogP contribution in [0.15, 0.2) is 42.5 Å². The number of H-pyrrole nitrogens is 1. The van der Waals surface area contributed by atoms with Gasteiger partial charge in [-0.25, -0.2) is 0 Å². The number of nitrogens with zero attached hydrogens (tertiary/aromatic N) is 1. The average Bonchev–Trinajstić information content (AvgIpc) is 3.16. The van der Waals surface area contributed by atoms with E-state index in [0.717, 1.165) is 67.8 Å². The van der Waals surface area contributed by atoms with Crippen LogP contribution in [0.5, 0.6) is 0 Å². The maximum Gasteiger partial charge on any atom is 0.254 e. The number of unbranched alkanes of at least 4 members (excludes halogenated alkanes) is 1. The largest absolute Gasteiger partial charge is 0.379 e. The van der Waals surface area contributed by atoms with Crippen molar-refractivity contribution in [2.75, 3.05) is 39.4 Å². The topological polar surface area (TPSA) is 57.4 Å². The number of carbonyl (C=O) groups is 1. The van der Waals surface area contributed by atoms with Crippen molar-refractivity contribution in [1.82, 2.24) is 15.2 Å². The standard InChI is InChI=1S/C25H27BClN3O2/c26-19-6-9-21-23(17-19)29-22(10-5-18-3-7-20(27)8-4-18)24(21)25(31)28-11-1-2-12-30-13-15-32-16-14-30/h3-10,17,29H,1-2,11-16H2,(H,28,31)/b10-5+. The summed E-state index contributed by atoms with van der Waals surface area (Å²) in [4.78, 5) is 18.9. The van der Waals surface area contributed by atoms with Gasteiger partial charge in [0.05, 0.1) is 24.5 Å². The first-order valence-corrected chi connectivity index (χ1v) is 11.4. The number of carbonyl (C=O) groups excluding carboxylic acids is 1. The fourth-order valence-electron chi connectivity index (χ4n) is 3.93. The van der Waals surface area contributed by atoms with Gasteiger partial charge in [-0.1, -0.05) is 47.4 Å². The number of nitrogens with one attached hydrogen (secondary N) is 2. The molecule has 2 radical (unpaired) electrons. The van der Waals surface area contributed by atoms with Crippen molar-refractivity contribution in [3.05, 3.63) is 64.3 Å². The summed E-state index contributed by atoms with van der Waals surface area (Å²) in [6.45, 7) is 5.30. The molecule has 0 bridgehead atoms. The van der Waals surface area contributed by atoms with E-state index in [-0.39, 0.29) is 5.91 Å². The Morgan fingerprint density at radius 3 is 2.69 bits per heavy atom. The molecule has 5 nitrogen and oxygen atoms in total. The lowest BCUT2D eigenvalue weighted by Gasteiger charge is -2.26. The van der Waals surface area contributed by atoms with Crippen LogP contribution < -0.4 is 10.8 Å². The number of fused-ring (bicyclic) bond motifs is 1. The summed E-state index contributed by atoms with van der Waals surface area (Å²) in [5.41, 5.74) is 3.90. The Morgan fingerprint density at radius 1 is 1.12 bits per heavy atom. The third-order valence-corrected chi connectivity index (χ3v) is 5.93. The molecule has 0 aliphatic carbocycles. The molecule has 164 valence electrons. The number of rotatable bonds is 8. The van der Waals surface area contributed by atoms with Crippen molar-refractivity contribution in [1.29, 1.82) is 0 Å². The maximum atomic E-state index is 13.1. The van der Waals surface area contributed by atoms with E-state index in [2.05, 4.69) is 15.2 Å². The highest BCUT2D eigenvalue weighted by Gasteiger charge is 2.17. The Kier molecular flexibility index (Phi) is 7.69. The first-order valence-electron chi connectivity index (χ1n) is 11.0. The Balaban J connectivity index is 1.44. The molecule has 0 unspecified atom stereocenters. The van der Waals surface area contributed by atoms with Crippen LogP contribution in [0, 0.1) is 0 Å². The summed E-state index contributed by atoms with van der Waals surface area (Å²) in [6, 6.07) is 13.1. The van der Waals surface area contributed by atoms with Crippen molar-refractivity contribution >= 4 is 53.9 Å². The molecule has 7 heteroatoms. The monoisotopic (exact) mass is 447 g/mol. The van der Waals surface area contributed by atoms with Gasteiger partial charge in [-0.2, -0.15) is 0 Å². The molecule has 4 rings (SSSR count). The number of halogens is 1. The number of morpholine rings is 1. The summed E-state index contributed by atoms with van der Waals surface area (Å²) in [6.07, 6.45) is 5.87. The summed E-state index contributed by atoms with van der Waals surface area (Å²) in [5, 5.41) is 4.64. The molecular weight excluding hydrogens is 421 g/mol. The third-order valence-electron chi connectivity index (χ3n) is 5.68. The van der Waals surface area contributed by atoms with Crippen LogP contribution in [0.3, 0.4) is 0 Å². The number of hydrogen-bond donors (Lipinski definition) is 2. The van der Waals surface area contributed by atoms with E-state index in [1.807, 2.05) is 54.6 Å². The summed E-state index contributed by atoms with van der Waals surface area (Å²) >= 11 is 5.98. The van der Waals surface area contributed by atoms with E-state index >= 15 is 0 Å². The molecule has 2 heterocycles. The summed E-state index contributed by atoms with van der Waals surface area (Å²) in [5.74, 6) is -0.0804. The normalized spacial score (nSPS) is 14.9. The predicted molar refractivity (Wildman–Crippen MR) is 133 cm³/mol. The molecule has 3 aromatic rings. The second-order valence-corrected chi connectivity index (χ2v) is 8.46. The van der Waals surface area contributed by atoms with Crippen LogP contribution in [0.25, 0.3) is 23.1 Å². The van der Waals surface area contributed by atoms with E-state index in [4.69, 9.17) is 24.2 Å². The molecule has 0 saturated carbocycles. The molecule has 2 N–H and O–H groups in total. The SMILES string of the molecule is [B]c1ccc2c(C(=O)NCCCCN3CCOCC3)c(/C=C/c3ccc(Cl)cc3)[nH]c2c1. The van der Waals surface area contributed by atoms with Crippen molar-refractivity contribution in [3.63, 3.8) is 0 Å². The highest BCUT2D eigenvalue weighted by atomic mass is 35.5. The lowest BCUT2D eigenvalue weighted by molar-refractivity contribution is 0.0372. The number of hydrogen-bond acceptors (Lipinski definition) is 3. The van der Waals surface area contributed by atoms with Crippen LogP contribution in [-0.2, 0) is 4.74 Å². The zero-order valence-electron chi connectivity index (χ0n) is 18.1. The number of amides is 1. The number of aromatic amines is 1. The molecule has 0 atom stereocenters. The van der Waals surface area contributed by atoms with Crippen LogP contribution in [0.2, 0.25) is 5.02 Å². The number of aromatic nitrogens is 1. The minimum absolute atomic E-state index is 0.0804. The second kappa shape index (κ2) is 10.9. The quantitative estimate of drug-likeness (QED) is 0.409. The first kappa shape index (κ1) is 22.7. The van der Waals surface area contributed by atoms with Crippen LogP contribution in [0.4, 0.5) is 0 Å². The molecule has 32 heavy (non-hydrogen) atoms. The molecule has 1 aliphatic heterocycles. The van der Waals surface area contributed by atoms with E-state index in [1.54, 1.807) is 0 Å². The van der Waals surface area contributed by atoms with Gasteiger partial charge < -0.3 is 15.0 Å². The lowest BCUT2D eigenvalue weighted by Crippen LogP contribution is -2.37. The Hall–Kier alpha value is -2.54. The Bertz CT molecular complexity index is 1090. The van der Waals surface area contributed by atoms with Crippen molar-refractivity contribution in [2.45, 2.75) is 12.8 Å². The van der Waals surface area contributed by atoms with Gasteiger partial charge in [0, 0.05) is 35.6 Å². The highest BCUT2D eigenvalue weighted by molar-refractivity contribution is 6.33. The third kappa shape index (κ3) is 5.83. The maximum absolute atomic E-state index is 13.1. The molecule has 2 aromatic carbocycles. The predicted octanol–water partition coefficient (Wildman–Crippen LogP) is 3.63. The highest BCUT2D eigenvalue weighted by Crippen LogP contribution is 2.24. The minimum atomic E-state index is -0.0804. The van der Waals surface area contributed by atoms with Gasteiger partial charge in [0.25, 0.3) is 5.91 Å².